The number of aliphatic hydroxyl groups is 1. The van der Waals surface area contributed by atoms with E-state index in [-0.39, 0.29) is 6.10 Å². The van der Waals surface area contributed by atoms with Gasteiger partial charge in [0.25, 0.3) is 0 Å². The highest BCUT2D eigenvalue weighted by molar-refractivity contribution is 7.99. The van der Waals surface area contributed by atoms with Crippen molar-refractivity contribution in [1.29, 1.82) is 0 Å². The highest BCUT2D eigenvalue weighted by Gasteiger charge is 2.20. The third-order valence-corrected chi connectivity index (χ3v) is 3.79. The molecule has 3 rings (SSSR count). The van der Waals surface area contributed by atoms with E-state index in [1.807, 2.05) is 18.2 Å². The van der Waals surface area contributed by atoms with Gasteiger partial charge in [-0.05, 0) is 5.56 Å². The maximum Gasteiger partial charge on any atom is 0.186 e. The molecule has 2 heterocycles. The molecule has 1 aromatic carbocycles. The third-order valence-electron chi connectivity index (χ3n) is 2.68. The van der Waals surface area contributed by atoms with Crippen molar-refractivity contribution in [3.8, 4) is 0 Å². The van der Waals surface area contributed by atoms with E-state index in [0.717, 1.165) is 17.4 Å². The Morgan fingerprint density at radius 1 is 1.35 bits per heavy atom. The van der Waals surface area contributed by atoms with Crippen molar-refractivity contribution in [3.05, 3.63) is 41.7 Å². The molecule has 0 fully saturated rings. The second-order valence-corrected chi connectivity index (χ2v) is 5.11. The second kappa shape index (κ2) is 4.50. The van der Waals surface area contributed by atoms with Crippen LogP contribution in [0.4, 0.5) is 0 Å². The van der Waals surface area contributed by atoms with Gasteiger partial charge in [-0.25, -0.2) is 9.67 Å². The molecule has 1 aliphatic rings. The van der Waals surface area contributed by atoms with Crippen molar-refractivity contribution in [3.63, 3.8) is 0 Å². The number of thioether (sulfide) groups is 1. The summed E-state index contributed by atoms with van der Waals surface area (Å²) in [5.41, 5.74) is 1.21. The lowest BCUT2D eigenvalue weighted by Crippen LogP contribution is -2.24. The number of benzene rings is 1. The van der Waals surface area contributed by atoms with Gasteiger partial charge in [0.2, 0.25) is 0 Å². The van der Waals surface area contributed by atoms with Gasteiger partial charge in [-0.15, -0.1) is 0 Å². The molecule has 0 aliphatic carbocycles. The summed E-state index contributed by atoms with van der Waals surface area (Å²) in [6, 6.07) is 10.2. The molecular formula is C12H13N3OS. The summed E-state index contributed by atoms with van der Waals surface area (Å²) in [5, 5.41) is 14.9. The molecule has 0 saturated carbocycles. The van der Waals surface area contributed by atoms with Gasteiger partial charge in [0, 0.05) is 12.2 Å². The highest BCUT2D eigenvalue weighted by Crippen LogP contribution is 2.23. The summed E-state index contributed by atoms with van der Waals surface area (Å²) >= 11 is 1.57. The monoisotopic (exact) mass is 247 g/mol. The van der Waals surface area contributed by atoms with Crippen molar-refractivity contribution in [2.24, 2.45) is 0 Å². The predicted molar refractivity (Wildman–Crippen MR) is 66.0 cm³/mol. The Morgan fingerprint density at radius 3 is 3.00 bits per heavy atom. The first-order valence-electron chi connectivity index (χ1n) is 5.60. The number of hydrogen-bond donors (Lipinski definition) is 1. The van der Waals surface area contributed by atoms with Gasteiger partial charge in [0.1, 0.15) is 0 Å². The van der Waals surface area contributed by atoms with Crippen LogP contribution in [0, 0.1) is 0 Å². The second-order valence-electron chi connectivity index (χ2n) is 4.12. The number of hydrogen-bond acceptors (Lipinski definition) is 4. The lowest BCUT2D eigenvalue weighted by atomic mass is 10.1. The van der Waals surface area contributed by atoms with E-state index in [2.05, 4.69) is 22.2 Å². The molecule has 1 atom stereocenters. The largest absolute Gasteiger partial charge is 0.390 e. The SMILES string of the molecule is O[C@H]1CSc2nc(Cc3ccccc3)nn2C1. The molecule has 0 radical (unpaired) electrons. The van der Waals surface area contributed by atoms with E-state index in [4.69, 9.17) is 0 Å². The number of fused-ring (bicyclic) bond motifs is 1. The van der Waals surface area contributed by atoms with Crippen molar-refractivity contribution in [2.75, 3.05) is 5.75 Å². The van der Waals surface area contributed by atoms with Gasteiger partial charge in [-0.1, -0.05) is 42.1 Å². The van der Waals surface area contributed by atoms with Crippen molar-refractivity contribution >= 4 is 11.8 Å². The fourth-order valence-corrected chi connectivity index (χ4v) is 2.76. The van der Waals surface area contributed by atoms with E-state index in [1.54, 1.807) is 16.4 Å². The van der Waals surface area contributed by atoms with E-state index in [0.29, 0.717) is 12.3 Å². The maximum atomic E-state index is 9.55. The molecule has 4 nitrogen and oxygen atoms in total. The van der Waals surface area contributed by atoms with Crippen LogP contribution in [-0.4, -0.2) is 31.7 Å². The molecule has 17 heavy (non-hydrogen) atoms. The topological polar surface area (TPSA) is 50.9 Å². The van der Waals surface area contributed by atoms with E-state index < -0.39 is 0 Å². The number of aliphatic hydroxyl groups excluding tert-OH is 1. The molecule has 88 valence electrons. The Hall–Kier alpha value is -1.33. The van der Waals surface area contributed by atoms with Gasteiger partial charge in [-0.2, -0.15) is 5.10 Å². The third kappa shape index (κ3) is 2.35. The molecule has 1 N–H and O–H groups in total. The molecule has 0 spiro atoms. The average Bonchev–Trinajstić information content (AvgIpc) is 2.71. The first kappa shape index (κ1) is 10.8. The van der Waals surface area contributed by atoms with Crippen LogP contribution in [0.1, 0.15) is 11.4 Å². The van der Waals surface area contributed by atoms with Crippen LogP contribution in [0.2, 0.25) is 0 Å². The molecule has 2 aromatic rings. The van der Waals surface area contributed by atoms with Gasteiger partial charge in [0.15, 0.2) is 11.0 Å². The Kier molecular flexibility index (Phi) is 2.86. The highest BCUT2D eigenvalue weighted by atomic mass is 32.2. The Balaban J connectivity index is 1.81. The van der Waals surface area contributed by atoms with Crippen LogP contribution in [0.3, 0.4) is 0 Å². The van der Waals surface area contributed by atoms with Crippen molar-refractivity contribution in [2.45, 2.75) is 24.2 Å². The van der Waals surface area contributed by atoms with E-state index >= 15 is 0 Å². The van der Waals surface area contributed by atoms with Crippen LogP contribution in [0.25, 0.3) is 0 Å². The lowest BCUT2D eigenvalue weighted by Gasteiger charge is -2.16. The van der Waals surface area contributed by atoms with Gasteiger partial charge in [-0.3, -0.25) is 0 Å². The summed E-state index contributed by atoms with van der Waals surface area (Å²) in [5.74, 6) is 1.54. The Bertz CT molecular complexity index is 512. The van der Waals surface area contributed by atoms with Crippen molar-refractivity contribution < 1.29 is 5.11 Å². The zero-order chi connectivity index (χ0) is 11.7. The molecule has 1 aliphatic heterocycles. The van der Waals surface area contributed by atoms with Gasteiger partial charge >= 0.3 is 0 Å². The minimum atomic E-state index is -0.307. The summed E-state index contributed by atoms with van der Waals surface area (Å²) < 4.78 is 1.80. The zero-order valence-corrected chi connectivity index (χ0v) is 10.1. The molecular weight excluding hydrogens is 234 g/mol. The molecule has 5 heteroatoms. The zero-order valence-electron chi connectivity index (χ0n) is 9.28. The maximum absolute atomic E-state index is 9.55. The van der Waals surface area contributed by atoms with Gasteiger partial charge in [0.05, 0.1) is 12.6 Å². The quantitative estimate of drug-likeness (QED) is 0.870. The summed E-state index contributed by atoms with van der Waals surface area (Å²) in [4.78, 5) is 4.48. The minimum Gasteiger partial charge on any atom is -0.390 e. The first-order chi connectivity index (χ1) is 8.31. The number of rotatable bonds is 2. The fraction of sp³-hybridized carbons (Fsp3) is 0.333. The summed E-state index contributed by atoms with van der Waals surface area (Å²) in [7, 11) is 0. The van der Waals surface area contributed by atoms with Crippen LogP contribution in [0.15, 0.2) is 35.5 Å². The number of aromatic nitrogens is 3. The van der Waals surface area contributed by atoms with Crippen LogP contribution in [-0.2, 0) is 13.0 Å². The van der Waals surface area contributed by atoms with Crippen LogP contribution in [0.5, 0.6) is 0 Å². The number of nitrogens with zero attached hydrogens (tertiary/aromatic N) is 3. The molecule has 1 aromatic heterocycles. The first-order valence-corrected chi connectivity index (χ1v) is 6.58. The van der Waals surface area contributed by atoms with Crippen LogP contribution >= 0.6 is 11.8 Å². The average molecular weight is 247 g/mol. The van der Waals surface area contributed by atoms with Crippen LogP contribution < -0.4 is 0 Å². The van der Waals surface area contributed by atoms with E-state index in [1.165, 1.54) is 5.56 Å². The lowest BCUT2D eigenvalue weighted by molar-refractivity contribution is 0.164. The standard InChI is InChI=1S/C12H13N3OS/c16-10-7-15-12(17-8-10)13-11(14-15)6-9-4-2-1-3-5-9/h1-5,10,16H,6-8H2/t10-/m1/s1. The summed E-state index contributed by atoms with van der Waals surface area (Å²) in [6.07, 6.45) is 0.441. The Labute approximate surface area is 104 Å². The predicted octanol–water partition coefficient (Wildman–Crippen LogP) is 1.34. The fourth-order valence-electron chi connectivity index (χ4n) is 1.87. The Morgan fingerprint density at radius 2 is 2.18 bits per heavy atom. The smallest absolute Gasteiger partial charge is 0.186 e. The molecule has 0 bridgehead atoms. The molecule has 0 saturated heterocycles. The molecule has 0 unspecified atom stereocenters. The van der Waals surface area contributed by atoms with Gasteiger partial charge < -0.3 is 5.11 Å². The molecule has 0 amide bonds. The minimum absolute atomic E-state index is 0.307. The summed E-state index contributed by atoms with van der Waals surface area (Å²) in [6.45, 7) is 0.560. The van der Waals surface area contributed by atoms with E-state index in [9.17, 15) is 5.11 Å². The normalized spacial score (nSPS) is 19.0. The van der Waals surface area contributed by atoms with Crippen molar-refractivity contribution in [1.82, 2.24) is 14.8 Å².